The van der Waals surface area contributed by atoms with Crippen LogP contribution >= 0.6 is 11.6 Å². The summed E-state index contributed by atoms with van der Waals surface area (Å²) in [6.45, 7) is 1.48. The number of nitriles is 1. The normalized spacial score (nSPS) is 21.3. The van der Waals surface area contributed by atoms with Gasteiger partial charge in [0.1, 0.15) is 18.1 Å². The van der Waals surface area contributed by atoms with Gasteiger partial charge in [0, 0.05) is 35.5 Å². The van der Waals surface area contributed by atoms with E-state index in [-0.39, 0.29) is 63.1 Å². The molecule has 0 spiro atoms. The van der Waals surface area contributed by atoms with Crippen molar-refractivity contribution in [2.45, 2.75) is 50.0 Å². The molecule has 1 heterocycles. The van der Waals surface area contributed by atoms with E-state index in [1.807, 2.05) is 6.07 Å². The average Bonchev–Trinajstić information content (AvgIpc) is 3.21. The van der Waals surface area contributed by atoms with Crippen LogP contribution in [0.25, 0.3) is 0 Å². The van der Waals surface area contributed by atoms with Crippen molar-refractivity contribution >= 4 is 39.2 Å². The summed E-state index contributed by atoms with van der Waals surface area (Å²) in [6, 6.07) is 4.54. The van der Waals surface area contributed by atoms with E-state index < -0.39 is 27.6 Å². The highest BCUT2D eigenvalue weighted by molar-refractivity contribution is 7.91. The molecule has 1 N–H and O–H groups in total. The first-order chi connectivity index (χ1) is 14.7. The fourth-order valence-corrected chi connectivity index (χ4v) is 5.30. The predicted octanol–water partition coefficient (Wildman–Crippen LogP) is 3.53. The SMILES string of the molecule is CCS(=O)(=O)c1ccc(C(=O)C2=C(O)CCCC2C=O)c(Cl)c1C1=NOC(CC#N)C1. The summed E-state index contributed by atoms with van der Waals surface area (Å²) in [4.78, 5) is 29.8. The van der Waals surface area contributed by atoms with Gasteiger partial charge in [-0.15, -0.1) is 0 Å². The van der Waals surface area contributed by atoms with Crippen LogP contribution in [-0.2, 0) is 19.5 Å². The lowest BCUT2D eigenvalue weighted by molar-refractivity contribution is -0.110. The molecule has 0 bridgehead atoms. The number of aliphatic hydroxyl groups is 1. The first-order valence-electron chi connectivity index (χ1n) is 9.82. The number of sulfone groups is 1. The number of allylic oxidation sites excluding steroid dienone is 2. The second-order valence-corrected chi connectivity index (χ2v) is 9.98. The summed E-state index contributed by atoms with van der Waals surface area (Å²) in [7, 11) is -3.73. The maximum absolute atomic E-state index is 13.2. The Hall–Kier alpha value is -2.70. The van der Waals surface area contributed by atoms with Crippen LogP contribution in [0.5, 0.6) is 0 Å². The summed E-state index contributed by atoms with van der Waals surface area (Å²) >= 11 is 6.56. The van der Waals surface area contributed by atoms with Crippen molar-refractivity contribution in [1.29, 1.82) is 5.26 Å². The predicted molar refractivity (Wildman–Crippen MR) is 113 cm³/mol. The Bertz CT molecular complexity index is 1130. The molecule has 0 fully saturated rings. The van der Waals surface area contributed by atoms with Crippen molar-refractivity contribution < 1.29 is 28.0 Å². The molecule has 2 unspecified atom stereocenters. The van der Waals surface area contributed by atoms with Gasteiger partial charge in [-0.05, 0) is 25.0 Å². The number of hydrogen-bond acceptors (Lipinski definition) is 8. The maximum Gasteiger partial charge on any atom is 0.194 e. The quantitative estimate of drug-likeness (QED) is 0.481. The van der Waals surface area contributed by atoms with Crippen molar-refractivity contribution in [1.82, 2.24) is 0 Å². The van der Waals surface area contributed by atoms with Crippen molar-refractivity contribution in [3.05, 3.63) is 39.6 Å². The monoisotopic (exact) mass is 464 g/mol. The topological polar surface area (TPSA) is 134 Å². The number of hydrogen-bond donors (Lipinski definition) is 1. The van der Waals surface area contributed by atoms with E-state index in [2.05, 4.69) is 5.16 Å². The summed E-state index contributed by atoms with van der Waals surface area (Å²) in [5.41, 5.74) is 0.217. The van der Waals surface area contributed by atoms with E-state index >= 15 is 0 Å². The van der Waals surface area contributed by atoms with Gasteiger partial charge >= 0.3 is 0 Å². The third kappa shape index (κ3) is 4.36. The van der Waals surface area contributed by atoms with Crippen LogP contribution in [0.1, 0.15) is 54.9 Å². The number of benzene rings is 1. The number of nitrogens with zero attached hydrogens (tertiary/aromatic N) is 2. The minimum absolute atomic E-state index is 0.0211. The number of ketones is 1. The molecule has 10 heteroatoms. The van der Waals surface area contributed by atoms with Crippen molar-refractivity contribution in [2.24, 2.45) is 11.1 Å². The molecule has 0 saturated carbocycles. The first-order valence-corrected chi connectivity index (χ1v) is 11.8. The molecule has 0 aromatic heterocycles. The van der Waals surface area contributed by atoms with Crippen LogP contribution in [0.4, 0.5) is 0 Å². The largest absolute Gasteiger partial charge is 0.512 e. The van der Waals surface area contributed by atoms with Gasteiger partial charge < -0.3 is 14.7 Å². The molecule has 2 atom stereocenters. The lowest BCUT2D eigenvalue weighted by Gasteiger charge is -2.22. The van der Waals surface area contributed by atoms with E-state index in [0.29, 0.717) is 19.1 Å². The number of oxime groups is 1. The zero-order valence-corrected chi connectivity index (χ0v) is 18.4. The van der Waals surface area contributed by atoms with Gasteiger partial charge in [-0.3, -0.25) is 4.79 Å². The fraction of sp³-hybridized carbons (Fsp3) is 0.429. The van der Waals surface area contributed by atoms with Gasteiger partial charge in [0.15, 0.2) is 15.6 Å². The van der Waals surface area contributed by atoms with Crippen molar-refractivity contribution in [3.63, 3.8) is 0 Å². The Balaban J connectivity index is 2.16. The van der Waals surface area contributed by atoms with Crippen LogP contribution in [-0.4, -0.2) is 43.2 Å². The molecule has 31 heavy (non-hydrogen) atoms. The average molecular weight is 465 g/mol. The summed E-state index contributed by atoms with van der Waals surface area (Å²) < 4.78 is 25.4. The number of Topliss-reactive ketones (excluding diaryl/α,β-unsaturated/α-hetero) is 1. The number of rotatable bonds is 7. The van der Waals surface area contributed by atoms with E-state index in [1.54, 1.807) is 0 Å². The highest BCUT2D eigenvalue weighted by Gasteiger charge is 2.34. The zero-order chi connectivity index (χ0) is 22.8. The molecular weight excluding hydrogens is 444 g/mol. The van der Waals surface area contributed by atoms with E-state index in [0.717, 1.165) is 0 Å². The molecule has 8 nitrogen and oxygen atoms in total. The zero-order valence-electron chi connectivity index (χ0n) is 16.8. The Labute approximate surface area is 185 Å². The molecule has 164 valence electrons. The molecule has 1 aromatic rings. The van der Waals surface area contributed by atoms with E-state index in [4.69, 9.17) is 21.7 Å². The van der Waals surface area contributed by atoms with Gasteiger partial charge in [0.05, 0.1) is 33.9 Å². The Morgan fingerprint density at radius 3 is 2.84 bits per heavy atom. The highest BCUT2D eigenvalue weighted by atomic mass is 35.5. The van der Waals surface area contributed by atoms with Gasteiger partial charge in [-0.25, -0.2) is 8.42 Å². The number of aliphatic hydroxyl groups excluding tert-OH is 1. The first kappa shape index (κ1) is 23.0. The van der Waals surface area contributed by atoms with Crippen LogP contribution in [0.15, 0.2) is 33.5 Å². The summed E-state index contributed by atoms with van der Waals surface area (Å²) in [5, 5.41) is 22.9. The van der Waals surface area contributed by atoms with Gasteiger partial charge in [-0.1, -0.05) is 23.7 Å². The minimum Gasteiger partial charge on any atom is -0.512 e. The Morgan fingerprint density at radius 1 is 1.45 bits per heavy atom. The molecule has 1 aromatic carbocycles. The molecule has 3 rings (SSSR count). The molecule has 0 amide bonds. The summed E-state index contributed by atoms with van der Waals surface area (Å²) in [6.07, 6.45) is 1.56. The van der Waals surface area contributed by atoms with Gasteiger partial charge in [0.25, 0.3) is 0 Å². The highest BCUT2D eigenvalue weighted by Crippen LogP contribution is 2.36. The van der Waals surface area contributed by atoms with Crippen LogP contribution in [0.3, 0.4) is 0 Å². The number of halogens is 1. The Kier molecular flexibility index (Phi) is 6.82. The number of aldehydes is 1. The third-order valence-electron chi connectivity index (χ3n) is 5.42. The fourth-order valence-electron chi connectivity index (χ4n) is 3.77. The molecule has 0 radical (unpaired) electrons. The van der Waals surface area contributed by atoms with E-state index in [9.17, 15) is 23.1 Å². The van der Waals surface area contributed by atoms with Crippen LogP contribution < -0.4 is 0 Å². The third-order valence-corrected chi connectivity index (χ3v) is 7.59. The maximum atomic E-state index is 13.2. The Morgan fingerprint density at radius 2 is 2.19 bits per heavy atom. The molecule has 2 aliphatic rings. The number of carbonyl (C=O) groups is 2. The molecular formula is C21H21ClN2O6S. The molecule has 1 aliphatic heterocycles. The minimum atomic E-state index is -3.73. The number of carbonyl (C=O) groups excluding carboxylic acids is 2. The van der Waals surface area contributed by atoms with E-state index in [1.165, 1.54) is 19.1 Å². The molecule has 0 saturated heterocycles. The molecule has 1 aliphatic carbocycles. The smallest absolute Gasteiger partial charge is 0.194 e. The lowest BCUT2D eigenvalue weighted by atomic mass is 9.83. The van der Waals surface area contributed by atoms with Crippen LogP contribution in [0, 0.1) is 17.2 Å². The van der Waals surface area contributed by atoms with Gasteiger partial charge in [0.2, 0.25) is 0 Å². The van der Waals surface area contributed by atoms with Crippen LogP contribution in [0.2, 0.25) is 5.02 Å². The summed E-state index contributed by atoms with van der Waals surface area (Å²) in [5.74, 6) is -1.74. The second kappa shape index (κ2) is 9.20. The van der Waals surface area contributed by atoms with Crippen molar-refractivity contribution in [3.8, 4) is 6.07 Å². The van der Waals surface area contributed by atoms with Gasteiger partial charge in [-0.2, -0.15) is 5.26 Å². The lowest BCUT2D eigenvalue weighted by Crippen LogP contribution is -2.22. The standard InChI is InChI=1S/C21H21ClN2O6S/c1-2-31(28,29)17-7-6-14(21(27)18-12(11-25)4-3-5-16(18)26)20(22)19(17)15-10-13(8-9-23)30-24-15/h6-7,11-13,26H,2-5,8,10H2,1H3. The second-order valence-electron chi connectivity index (χ2n) is 7.36. The van der Waals surface area contributed by atoms with Crippen molar-refractivity contribution in [2.75, 3.05) is 5.75 Å².